The highest BCUT2D eigenvalue weighted by Crippen LogP contribution is 2.37. The van der Waals surface area contributed by atoms with Crippen molar-refractivity contribution in [3.8, 4) is 17.0 Å². The summed E-state index contributed by atoms with van der Waals surface area (Å²) in [5.41, 5.74) is 2.31. The lowest BCUT2D eigenvalue weighted by atomic mass is 10.0. The molecule has 1 N–H and O–H groups in total. The fourth-order valence-electron chi connectivity index (χ4n) is 3.72. The number of carbonyl (C=O) groups is 1. The Hall–Kier alpha value is -3.39. The molecule has 1 atom stereocenters. The second-order valence-corrected chi connectivity index (χ2v) is 7.94. The van der Waals surface area contributed by atoms with Gasteiger partial charge in [0.1, 0.15) is 5.75 Å². The lowest BCUT2D eigenvalue weighted by molar-refractivity contribution is -0.763. The summed E-state index contributed by atoms with van der Waals surface area (Å²) in [5.74, 6) is 1.19. The number of para-hydroxylation sites is 1. The third-order valence-electron chi connectivity index (χ3n) is 4.92. The molecule has 0 fully saturated rings. The number of nitrogens with one attached hydrogen (secondary N) is 1. The molecule has 1 aromatic heterocycles. The number of thioether (sulfide) groups is 1. The van der Waals surface area contributed by atoms with Crippen molar-refractivity contribution in [3.05, 3.63) is 77.1 Å². The second kappa shape index (κ2) is 8.77. The molecule has 1 amide bonds. The minimum absolute atomic E-state index is 0.146. The molecule has 0 saturated heterocycles. The average molecular weight is 436 g/mol. The molecule has 2 heterocycles. The lowest BCUT2D eigenvalue weighted by Crippen LogP contribution is -2.60. The smallest absolute Gasteiger partial charge is 0.325 e. The Morgan fingerprint density at radius 1 is 1.29 bits per heavy atom. The van der Waals surface area contributed by atoms with Crippen LogP contribution < -0.4 is 19.9 Å². The number of benzene rings is 2. The molecular formula is C23H23N4O3S+. The molecule has 0 unspecified atom stereocenters. The Labute approximate surface area is 184 Å². The molecule has 0 spiro atoms. The predicted molar refractivity (Wildman–Crippen MR) is 120 cm³/mol. The summed E-state index contributed by atoms with van der Waals surface area (Å²) in [6.07, 6.45) is 1.14. The first-order valence-electron chi connectivity index (χ1n) is 9.97. The van der Waals surface area contributed by atoms with E-state index in [4.69, 9.17) is 9.84 Å². The number of rotatable bonds is 6. The zero-order valence-electron chi connectivity index (χ0n) is 17.4. The Bertz CT molecular complexity index is 1190. The van der Waals surface area contributed by atoms with E-state index < -0.39 is 6.17 Å². The van der Waals surface area contributed by atoms with E-state index in [2.05, 4.69) is 11.6 Å². The number of aromatic nitrogens is 3. The van der Waals surface area contributed by atoms with Crippen LogP contribution in [0, 0.1) is 0 Å². The number of carbonyl (C=O) groups excluding carboxylic acids is 1. The number of anilines is 1. The van der Waals surface area contributed by atoms with Gasteiger partial charge >= 0.3 is 11.3 Å². The zero-order chi connectivity index (χ0) is 22.0. The SMILES string of the molecule is C=CCSc1n[n+]2c(c(=O)[nH]1)-c1ccccc1N(C(C)=O)[C@H]2c1ccc(OCC)cc1. The first kappa shape index (κ1) is 20.9. The predicted octanol–water partition coefficient (Wildman–Crippen LogP) is 3.31. The second-order valence-electron chi connectivity index (χ2n) is 6.93. The molecule has 0 radical (unpaired) electrons. The van der Waals surface area contributed by atoms with E-state index in [0.29, 0.717) is 34.5 Å². The number of amides is 1. The maximum Gasteiger partial charge on any atom is 0.325 e. The normalized spacial score (nSPS) is 14.5. The number of nitrogens with zero attached hydrogens (tertiary/aromatic N) is 3. The van der Waals surface area contributed by atoms with Crippen LogP contribution in [0.3, 0.4) is 0 Å². The Morgan fingerprint density at radius 2 is 2.03 bits per heavy atom. The maximum atomic E-state index is 13.1. The van der Waals surface area contributed by atoms with Crippen molar-refractivity contribution < 1.29 is 14.2 Å². The van der Waals surface area contributed by atoms with Crippen LogP contribution in [-0.2, 0) is 4.79 Å². The number of aromatic amines is 1. The van der Waals surface area contributed by atoms with Gasteiger partial charge in [0.2, 0.25) is 11.1 Å². The number of H-pyrrole nitrogens is 1. The summed E-state index contributed by atoms with van der Waals surface area (Å²) in [5, 5.41) is 5.18. The number of hydrogen-bond acceptors (Lipinski definition) is 5. The van der Waals surface area contributed by atoms with Crippen molar-refractivity contribution in [1.82, 2.24) is 10.1 Å². The molecule has 4 rings (SSSR count). The molecular weight excluding hydrogens is 412 g/mol. The highest BCUT2D eigenvalue weighted by atomic mass is 32.2. The average Bonchev–Trinajstić information content (AvgIpc) is 2.77. The summed E-state index contributed by atoms with van der Waals surface area (Å²) in [6.45, 7) is 7.73. The van der Waals surface area contributed by atoms with Gasteiger partial charge in [-0.15, -0.1) is 6.58 Å². The Balaban J connectivity index is 1.96. The Morgan fingerprint density at radius 3 is 2.71 bits per heavy atom. The minimum atomic E-state index is -0.608. The fourth-order valence-corrected chi connectivity index (χ4v) is 4.31. The molecule has 3 aromatic rings. The molecule has 1 aliphatic heterocycles. The van der Waals surface area contributed by atoms with Crippen LogP contribution in [0.15, 0.2) is 71.1 Å². The standard InChI is InChI=1S/C23H22N4O3S/c1-4-14-31-23-24-21(29)20-18-8-6-7-9-19(18)26(15(3)28)22(27(20)25-23)16-10-12-17(13-11-16)30-5-2/h4,6-13,22H,1,5,14H2,2-3H3/p+1/t22-/m1/s1. The van der Waals surface area contributed by atoms with Crippen LogP contribution in [0.4, 0.5) is 5.69 Å². The van der Waals surface area contributed by atoms with Gasteiger partial charge in [-0.05, 0) is 48.0 Å². The summed E-state index contributed by atoms with van der Waals surface area (Å²) in [6, 6.07) is 14.9. The van der Waals surface area contributed by atoms with Crippen molar-refractivity contribution >= 4 is 23.4 Å². The van der Waals surface area contributed by atoms with Gasteiger partial charge in [0.05, 0.1) is 17.9 Å². The lowest BCUT2D eigenvalue weighted by Gasteiger charge is -2.31. The van der Waals surface area contributed by atoms with Gasteiger partial charge in [0.15, 0.2) is 0 Å². The van der Waals surface area contributed by atoms with Crippen LogP contribution in [0.5, 0.6) is 5.75 Å². The van der Waals surface area contributed by atoms with Gasteiger partial charge in [-0.25, -0.2) is 4.90 Å². The van der Waals surface area contributed by atoms with E-state index in [9.17, 15) is 9.59 Å². The summed E-state index contributed by atoms with van der Waals surface area (Å²) < 4.78 is 7.20. The minimum Gasteiger partial charge on any atom is -0.494 e. The number of fused-ring (bicyclic) bond motifs is 3. The van der Waals surface area contributed by atoms with Crippen molar-refractivity contribution in [2.75, 3.05) is 17.3 Å². The summed E-state index contributed by atoms with van der Waals surface area (Å²) in [7, 11) is 0. The highest BCUT2D eigenvalue weighted by Gasteiger charge is 2.44. The van der Waals surface area contributed by atoms with Crippen LogP contribution in [0.2, 0.25) is 0 Å². The van der Waals surface area contributed by atoms with Crippen molar-refractivity contribution in [2.24, 2.45) is 0 Å². The van der Waals surface area contributed by atoms with E-state index in [1.165, 1.54) is 18.7 Å². The summed E-state index contributed by atoms with van der Waals surface area (Å²) >= 11 is 1.38. The first-order valence-corrected chi connectivity index (χ1v) is 11.0. The topological polar surface area (TPSA) is 79.2 Å². The van der Waals surface area contributed by atoms with E-state index in [1.54, 1.807) is 15.7 Å². The van der Waals surface area contributed by atoms with E-state index in [0.717, 1.165) is 11.3 Å². The van der Waals surface area contributed by atoms with Gasteiger partial charge in [-0.3, -0.25) is 14.6 Å². The van der Waals surface area contributed by atoms with Crippen LogP contribution in [-0.4, -0.2) is 28.3 Å². The van der Waals surface area contributed by atoms with Crippen LogP contribution >= 0.6 is 11.8 Å². The molecule has 8 heteroatoms. The fraction of sp³-hybridized carbons (Fsp3) is 0.217. The molecule has 0 aliphatic carbocycles. The van der Waals surface area contributed by atoms with Crippen LogP contribution in [0.1, 0.15) is 25.6 Å². The van der Waals surface area contributed by atoms with Gasteiger partial charge in [0, 0.05) is 23.3 Å². The monoisotopic (exact) mass is 435 g/mol. The van der Waals surface area contributed by atoms with Crippen molar-refractivity contribution in [3.63, 3.8) is 0 Å². The number of hydrogen-bond donors (Lipinski definition) is 1. The van der Waals surface area contributed by atoms with E-state index in [-0.39, 0.29) is 11.5 Å². The summed E-state index contributed by atoms with van der Waals surface area (Å²) in [4.78, 5) is 30.5. The largest absolute Gasteiger partial charge is 0.494 e. The van der Waals surface area contributed by atoms with Gasteiger partial charge in [0.25, 0.3) is 6.17 Å². The molecule has 1 aliphatic rings. The molecule has 2 aromatic carbocycles. The molecule has 31 heavy (non-hydrogen) atoms. The quantitative estimate of drug-likeness (QED) is 0.365. The van der Waals surface area contributed by atoms with E-state index >= 15 is 0 Å². The van der Waals surface area contributed by atoms with Crippen molar-refractivity contribution in [2.45, 2.75) is 25.2 Å². The molecule has 0 bridgehead atoms. The van der Waals surface area contributed by atoms with Crippen molar-refractivity contribution in [1.29, 1.82) is 0 Å². The van der Waals surface area contributed by atoms with Gasteiger partial charge in [-0.1, -0.05) is 30.0 Å². The first-order chi connectivity index (χ1) is 15.0. The maximum absolute atomic E-state index is 13.1. The molecule has 158 valence electrons. The highest BCUT2D eigenvalue weighted by molar-refractivity contribution is 7.99. The van der Waals surface area contributed by atoms with Gasteiger partial charge in [-0.2, -0.15) is 0 Å². The Kier molecular flexibility index (Phi) is 5.90. The molecule has 0 saturated carbocycles. The third kappa shape index (κ3) is 3.86. The molecule has 7 nitrogen and oxygen atoms in total. The van der Waals surface area contributed by atoms with E-state index in [1.807, 2.05) is 55.5 Å². The number of ether oxygens (including phenoxy) is 1. The van der Waals surface area contributed by atoms with Gasteiger partial charge < -0.3 is 4.74 Å². The third-order valence-corrected chi connectivity index (χ3v) is 5.78. The van der Waals surface area contributed by atoms with Crippen LogP contribution in [0.25, 0.3) is 11.3 Å². The zero-order valence-corrected chi connectivity index (χ0v) is 18.2.